The van der Waals surface area contributed by atoms with Crippen LogP contribution in [0.1, 0.15) is 28.2 Å². The number of hydrogen-bond acceptors (Lipinski definition) is 2. The molecule has 0 radical (unpaired) electrons. The van der Waals surface area contributed by atoms with E-state index < -0.39 is 5.97 Å². The number of aliphatic carboxylic acids is 1. The fourth-order valence-corrected chi connectivity index (χ4v) is 0.123. The van der Waals surface area contributed by atoms with E-state index in [-0.39, 0.29) is 12.3 Å². The van der Waals surface area contributed by atoms with Gasteiger partial charge in [-0.3, -0.25) is 0 Å². The van der Waals surface area contributed by atoms with Crippen molar-refractivity contribution in [2.45, 2.75) is 28.2 Å². The molecular weight excluding hydrogens is 148 g/mol. The van der Waals surface area contributed by atoms with Gasteiger partial charge in [0.05, 0.1) is 4.91 Å². The summed E-state index contributed by atoms with van der Waals surface area (Å²) in [6.45, 7) is 5.62. The molecule has 0 saturated heterocycles. The average molecular weight is 164 g/mol. The number of carboxylic acid groups (broad SMARTS) is 1. The van der Waals surface area contributed by atoms with Crippen molar-refractivity contribution in [3.8, 4) is 0 Å². The van der Waals surface area contributed by atoms with E-state index in [9.17, 15) is 4.79 Å². The van der Waals surface area contributed by atoms with Gasteiger partial charge in [0.25, 0.3) is 0 Å². The molecule has 0 bridgehead atoms. The van der Waals surface area contributed by atoms with E-state index in [4.69, 9.17) is 5.11 Å². The minimum Gasteiger partial charge on any atom is -0.477 e. The third-order valence-corrected chi connectivity index (χ3v) is 0.942. The Hall–Kier alpha value is -0.440. The van der Waals surface area contributed by atoms with Crippen LogP contribution in [0, 0.1) is 0 Å². The van der Waals surface area contributed by atoms with Crippen molar-refractivity contribution < 1.29 is 9.90 Å². The van der Waals surface area contributed by atoms with Crippen LogP contribution in [0.25, 0.3) is 0 Å². The topological polar surface area (TPSA) is 37.3 Å². The Morgan fingerprint density at radius 1 is 1.50 bits per heavy atom. The van der Waals surface area contributed by atoms with Gasteiger partial charge in [0, 0.05) is 0 Å². The van der Waals surface area contributed by atoms with Gasteiger partial charge in [0.15, 0.2) is 0 Å². The molecule has 0 aromatic heterocycles. The summed E-state index contributed by atoms with van der Waals surface area (Å²) in [6.07, 6.45) is 1.42. The normalized spacial score (nSPS) is 8.60. The molecule has 0 aromatic rings. The molecule has 0 atom stereocenters. The first-order valence-electron chi connectivity index (χ1n) is 2.77. The van der Waals surface area contributed by atoms with E-state index in [0.29, 0.717) is 0 Å². The lowest BCUT2D eigenvalue weighted by Crippen LogP contribution is -1.91. The molecule has 0 fully saturated rings. The highest BCUT2D eigenvalue weighted by molar-refractivity contribution is 7.85. The summed E-state index contributed by atoms with van der Waals surface area (Å²) < 4.78 is 0. The molecule has 0 rings (SSSR count). The molecule has 0 saturated carbocycles. The summed E-state index contributed by atoms with van der Waals surface area (Å²) in [5, 5.41) is 8.04. The van der Waals surface area contributed by atoms with Gasteiger partial charge in [-0.15, -0.1) is 12.6 Å². The minimum absolute atomic E-state index is 0. The van der Waals surface area contributed by atoms with E-state index in [1.807, 2.05) is 13.8 Å². The van der Waals surface area contributed by atoms with E-state index in [1.165, 1.54) is 6.08 Å². The number of allylic oxidation sites excluding steroid dienone is 1. The summed E-state index contributed by atoms with van der Waals surface area (Å²) in [7, 11) is 0. The SMILES string of the molecule is C.C/C=C(\S)C(=O)O.CC. The van der Waals surface area contributed by atoms with E-state index >= 15 is 0 Å². The monoisotopic (exact) mass is 164 g/mol. The van der Waals surface area contributed by atoms with Crippen molar-refractivity contribution in [1.29, 1.82) is 0 Å². The van der Waals surface area contributed by atoms with Crippen molar-refractivity contribution in [2.75, 3.05) is 0 Å². The number of thiol groups is 1. The van der Waals surface area contributed by atoms with Crippen LogP contribution in [0.5, 0.6) is 0 Å². The average Bonchev–Trinajstić information content (AvgIpc) is 1.91. The van der Waals surface area contributed by atoms with Crippen LogP contribution in [0.15, 0.2) is 11.0 Å². The predicted molar refractivity (Wildman–Crippen MR) is 48.5 cm³/mol. The van der Waals surface area contributed by atoms with Crippen LogP contribution in [0.2, 0.25) is 0 Å². The molecule has 1 N–H and O–H groups in total. The molecule has 2 nitrogen and oxygen atoms in total. The molecule has 0 amide bonds. The summed E-state index contributed by atoms with van der Waals surface area (Å²) >= 11 is 3.59. The van der Waals surface area contributed by atoms with Crippen LogP contribution in [-0.2, 0) is 4.79 Å². The second-order valence-electron chi connectivity index (χ2n) is 0.979. The predicted octanol–water partition coefficient (Wildman–Crippen LogP) is 2.57. The summed E-state index contributed by atoms with van der Waals surface area (Å²) in [4.78, 5) is 9.87. The van der Waals surface area contributed by atoms with Crippen molar-refractivity contribution in [1.82, 2.24) is 0 Å². The smallest absolute Gasteiger partial charge is 0.341 e. The molecule has 0 heterocycles. The Labute approximate surface area is 68.4 Å². The van der Waals surface area contributed by atoms with Crippen LogP contribution in [-0.4, -0.2) is 11.1 Å². The molecule has 0 aliphatic rings. The Kier molecular flexibility index (Phi) is 18.5. The zero-order chi connectivity index (χ0) is 7.86. The number of rotatable bonds is 1. The van der Waals surface area contributed by atoms with Crippen LogP contribution >= 0.6 is 12.6 Å². The molecule has 0 unspecified atom stereocenters. The van der Waals surface area contributed by atoms with Crippen LogP contribution < -0.4 is 0 Å². The molecule has 0 aliphatic carbocycles. The molecule has 0 aromatic carbocycles. The molecule has 62 valence electrons. The van der Waals surface area contributed by atoms with Crippen molar-refractivity contribution in [3.63, 3.8) is 0 Å². The van der Waals surface area contributed by atoms with Gasteiger partial charge in [-0.2, -0.15) is 0 Å². The number of carboxylic acids is 1. The quantitative estimate of drug-likeness (QED) is 0.461. The van der Waals surface area contributed by atoms with Gasteiger partial charge in [0.2, 0.25) is 0 Å². The van der Waals surface area contributed by atoms with Crippen LogP contribution in [0.3, 0.4) is 0 Å². The maximum atomic E-state index is 9.79. The first-order valence-corrected chi connectivity index (χ1v) is 3.21. The second-order valence-corrected chi connectivity index (χ2v) is 1.46. The Bertz CT molecular complexity index is 108. The number of carbonyl (C=O) groups is 1. The van der Waals surface area contributed by atoms with Gasteiger partial charge in [0.1, 0.15) is 0 Å². The van der Waals surface area contributed by atoms with E-state index in [1.54, 1.807) is 6.92 Å². The molecular formula is C7H16O2S. The summed E-state index contributed by atoms with van der Waals surface area (Å²) in [5.74, 6) is -0.981. The molecule has 0 spiro atoms. The van der Waals surface area contributed by atoms with Crippen LogP contribution in [0.4, 0.5) is 0 Å². The lowest BCUT2D eigenvalue weighted by Gasteiger charge is -1.82. The van der Waals surface area contributed by atoms with Gasteiger partial charge in [-0.25, -0.2) is 4.79 Å². The van der Waals surface area contributed by atoms with Crippen molar-refractivity contribution in [2.24, 2.45) is 0 Å². The zero-order valence-corrected chi connectivity index (χ0v) is 6.77. The minimum atomic E-state index is -0.981. The third kappa shape index (κ3) is 10.5. The Morgan fingerprint density at radius 2 is 1.80 bits per heavy atom. The fourth-order valence-electron chi connectivity index (χ4n) is 0.123. The highest BCUT2D eigenvalue weighted by atomic mass is 32.1. The first kappa shape index (κ1) is 16.3. The van der Waals surface area contributed by atoms with E-state index in [0.717, 1.165) is 0 Å². The lowest BCUT2D eigenvalue weighted by molar-refractivity contribution is -0.131. The van der Waals surface area contributed by atoms with Crippen molar-refractivity contribution in [3.05, 3.63) is 11.0 Å². The standard InChI is InChI=1S/C4H6O2S.C2H6.CH4/c1-2-3(7)4(5)6;1-2;/h2,7H,1H3,(H,5,6);1-2H3;1H4/b3-2-;;. The fraction of sp³-hybridized carbons (Fsp3) is 0.571. The maximum Gasteiger partial charge on any atom is 0.341 e. The highest BCUT2D eigenvalue weighted by Gasteiger charge is 1.94. The summed E-state index contributed by atoms with van der Waals surface area (Å²) in [5.41, 5.74) is 0. The lowest BCUT2D eigenvalue weighted by atomic mass is 10.5. The molecule has 10 heavy (non-hydrogen) atoms. The molecule has 0 aliphatic heterocycles. The third-order valence-electron chi connectivity index (χ3n) is 0.493. The van der Waals surface area contributed by atoms with Gasteiger partial charge in [-0.1, -0.05) is 27.4 Å². The van der Waals surface area contributed by atoms with E-state index in [2.05, 4.69) is 12.6 Å². The maximum absolute atomic E-state index is 9.79. The highest BCUT2D eigenvalue weighted by Crippen LogP contribution is 1.96. The molecule has 3 heteroatoms. The van der Waals surface area contributed by atoms with Gasteiger partial charge in [-0.05, 0) is 6.92 Å². The Morgan fingerprint density at radius 3 is 1.80 bits per heavy atom. The number of hydrogen-bond donors (Lipinski definition) is 2. The van der Waals surface area contributed by atoms with Crippen molar-refractivity contribution >= 4 is 18.6 Å². The zero-order valence-electron chi connectivity index (χ0n) is 5.88. The first-order chi connectivity index (χ1) is 4.18. The van der Waals surface area contributed by atoms with Gasteiger partial charge < -0.3 is 5.11 Å². The Balaban J connectivity index is -0.000000149. The largest absolute Gasteiger partial charge is 0.477 e. The summed E-state index contributed by atoms with van der Waals surface area (Å²) in [6, 6.07) is 0. The van der Waals surface area contributed by atoms with Gasteiger partial charge >= 0.3 is 5.97 Å². The second kappa shape index (κ2) is 11.4.